The van der Waals surface area contributed by atoms with Gasteiger partial charge in [0.05, 0.1) is 10.4 Å². The largest absolute Gasteiger partial charge is 0.356 e. The fourth-order valence-corrected chi connectivity index (χ4v) is 2.56. The maximum atomic E-state index is 13.1. The number of alkyl halides is 2. The highest BCUT2D eigenvalue weighted by Gasteiger charge is 2.25. The maximum absolute atomic E-state index is 13.1. The number of hydrogen-bond donors (Lipinski definition) is 0. The quantitative estimate of drug-likeness (QED) is 0.641. The third-order valence-corrected chi connectivity index (χ3v) is 3.56. The second kappa shape index (κ2) is 5.36. The molecule has 1 unspecified atom stereocenters. The van der Waals surface area contributed by atoms with Crippen LogP contribution in [0, 0.1) is 10.1 Å². The summed E-state index contributed by atoms with van der Waals surface area (Å²) in [5.41, 5.74) is -0.237. The van der Waals surface area contributed by atoms with Crippen molar-refractivity contribution in [3.63, 3.8) is 0 Å². The molecule has 1 saturated heterocycles. The highest BCUT2D eigenvalue weighted by molar-refractivity contribution is 5.84. The van der Waals surface area contributed by atoms with E-state index in [1.165, 1.54) is 16.8 Å². The lowest BCUT2D eigenvalue weighted by Gasteiger charge is -2.23. The predicted molar refractivity (Wildman–Crippen MR) is 70.2 cm³/mol. The zero-order valence-electron chi connectivity index (χ0n) is 11.0. The minimum Gasteiger partial charge on any atom is -0.356 e. The van der Waals surface area contributed by atoms with Crippen LogP contribution in [0.25, 0.3) is 10.9 Å². The van der Waals surface area contributed by atoms with E-state index in [0.717, 1.165) is 18.9 Å². The Kier molecular flexibility index (Phi) is 3.54. The van der Waals surface area contributed by atoms with E-state index < -0.39 is 23.3 Å². The number of nitro benzene ring substituents is 1. The molecule has 6 nitrogen and oxygen atoms in total. The fraction of sp³-hybridized carbons (Fsp3) is 0.462. The van der Waals surface area contributed by atoms with Gasteiger partial charge in [0.2, 0.25) is 0 Å². The van der Waals surface area contributed by atoms with Crippen molar-refractivity contribution in [3.8, 4) is 0 Å². The first-order valence-corrected chi connectivity index (χ1v) is 6.64. The third kappa shape index (κ3) is 2.46. The van der Waals surface area contributed by atoms with E-state index in [2.05, 4.69) is 5.10 Å². The second-order valence-corrected chi connectivity index (χ2v) is 4.91. The van der Waals surface area contributed by atoms with Crippen LogP contribution in [0.4, 0.5) is 14.5 Å². The Bertz CT molecular complexity index is 681. The molecule has 2 aromatic rings. The van der Waals surface area contributed by atoms with Gasteiger partial charge in [0.15, 0.2) is 6.23 Å². The van der Waals surface area contributed by atoms with Gasteiger partial charge in [-0.05, 0) is 25.3 Å². The third-order valence-electron chi connectivity index (χ3n) is 3.56. The summed E-state index contributed by atoms with van der Waals surface area (Å²) in [5.74, 6) is 0. The molecular weight excluding hydrogens is 284 g/mol. The Hall–Kier alpha value is -2.09. The first-order valence-electron chi connectivity index (χ1n) is 6.64. The van der Waals surface area contributed by atoms with Crippen LogP contribution in [-0.4, -0.2) is 21.3 Å². The summed E-state index contributed by atoms with van der Waals surface area (Å²) in [6.45, 7) is 0.559. The zero-order valence-corrected chi connectivity index (χ0v) is 11.0. The lowest BCUT2D eigenvalue weighted by molar-refractivity contribution is -0.384. The summed E-state index contributed by atoms with van der Waals surface area (Å²) in [4.78, 5) is 10.2. The molecule has 3 rings (SSSR count). The van der Waals surface area contributed by atoms with Crippen LogP contribution in [0.5, 0.6) is 0 Å². The number of nitrogens with zero attached hydrogens (tertiary/aromatic N) is 3. The number of nitro groups is 1. The van der Waals surface area contributed by atoms with E-state index in [9.17, 15) is 18.9 Å². The van der Waals surface area contributed by atoms with Crippen LogP contribution >= 0.6 is 0 Å². The lowest BCUT2D eigenvalue weighted by atomic mass is 10.1. The van der Waals surface area contributed by atoms with Gasteiger partial charge in [0.1, 0.15) is 5.69 Å². The summed E-state index contributed by atoms with van der Waals surface area (Å²) in [6, 6.07) is 3.88. The van der Waals surface area contributed by atoms with Gasteiger partial charge in [-0.1, -0.05) is 0 Å². The van der Waals surface area contributed by atoms with E-state index in [-0.39, 0.29) is 11.1 Å². The molecule has 0 spiro atoms. The molecule has 0 N–H and O–H groups in total. The van der Waals surface area contributed by atoms with Gasteiger partial charge in [0.25, 0.3) is 12.1 Å². The Labute approximate surface area is 118 Å². The molecular formula is C13H13F2N3O3. The van der Waals surface area contributed by atoms with Crippen LogP contribution in [0.15, 0.2) is 18.2 Å². The van der Waals surface area contributed by atoms with Crippen molar-refractivity contribution in [1.29, 1.82) is 0 Å². The maximum Gasteiger partial charge on any atom is 0.282 e. The molecule has 0 saturated carbocycles. The first-order chi connectivity index (χ1) is 10.1. The summed E-state index contributed by atoms with van der Waals surface area (Å²) in [7, 11) is 0. The van der Waals surface area contributed by atoms with Crippen LogP contribution in [0.3, 0.4) is 0 Å². The van der Waals surface area contributed by atoms with Crippen molar-refractivity contribution in [1.82, 2.24) is 9.78 Å². The molecule has 0 amide bonds. The van der Waals surface area contributed by atoms with Crippen molar-refractivity contribution in [2.24, 2.45) is 0 Å². The van der Waals surface area contributed by atoms with E-state index in [0.29, 0.717) is 18.5 Å². The van der Waals surface area contributed by atoms with Crippen molar-refractivity contribution in [2.75, 3.05) is 6.61 Å². The summed E-state index contributed by atoms with van der Waals surface area (Å²) in [5, 5.41) is 14.8. The average Bonchev–Trinajstić information content (AvgIpc) is 2.87. The number of hydrogen-bond acceptors (Lipinski definition) is 4. The molecule has 21 heavy (non-hydrogen) atoms. The van der Waals surface area contributed by atoms with E-state index >= 15 is 0 Å². The minimum atomic E-state index is -2.79. The van der Waals surface area contributed by atoms with E-state index in [4.69, 9.17) is 4.74 Å². The lowest BCUT2D eigenvalue weighted by Crippen LogP contribution is -2.19. The standard InChI is InChI=1S/C13H13F2N3O3/c14-13(15)12-9-7-8(18(19)20)4-5-10(9)17(16-12)11-3-1-2-6-21-11/h4-5,7,11,13H,1-3,6H2. The minimum absolute atomic E-state index is 0.105. The number of benzene rings is 1. The molecule has 2 heterocycles. The first kappa shape index (κ1) is 13.9. The van der Waals surface area contributed by atoms with Crippen molar-refractivity contribution in [2.45, 2.75) is 31.9 Å². The Morgan fingerprint density at radius 1 is 1.43 bits per heavy atom. The molecule has 112 valence electrons. The monoisotopic (exact) mass is 297 g/mol. The molecule has 1 atom stereocenters. The molecule has 8 heteroatoms. The van der Waals surface area contributed by atoms with Gasteiger partial charge in [-0.15, -0.1) is 0 Å². The number of halogens is 2. The summed E-state index contributed by atoms with van der Waals surface area (Å²) >= 11 is 0. The Balaban J connectivity index is 2.14. The SMILES string of the molecule is O=[N+]([O-])c1ccc2c(c1)c(C(F)F)nn2C1CCCCO1. The summed E-state index contributed by atoms with van der Waals surface area (Å²) in [6.07, 6.45) is -0.628. The van der Waals surface area contributed by atoms with Crippen molar-refractivity contribution in [3.05, 3.63) is 34.0 Å². The van der Waals surface area contributed by atoms with Crippen molar-refractivity contribution < 1.29 is 18.4 Å². The second-order valence-electron chi connectivity index (χ2n) is 4.91. The smallest absolute Gasteiger partial charge is 0.282 e. The van der Waals surface area contributed by atoms with Gasteiger partial charge in [-0.3, -0.25) is 10.1 Å². The number of ether oxygens (including phenoxy) is 1. The molecule has 1 aliphatic heterocycles. The van der Waals surface area contributed by atoms with Gasteiger partial charge in [-0.25, -0.2) is 13.5 Å². The fourth-order valence-electron chi connectivity index (χ4n) is 2.56. The normalized spacial score (nSPS) is 19.3. The van der Waals surface area contributed by atoms with Crippen LogP contribution in [-0.2, 0) is 4.74 Å². The topological polar surface area (TPSA) is 70.2 Å². The summed E-state index contributed by atoms with van der Waals surface area (Å²) < 4.78 is 33.2. The number of non-ortho nitro benzene ring substituents is 1. The van der Waals surface area contributed by atoms with Gasteiger partial charge in [0, 0.05) is 24.1 Å². The van der Waals surface area contributed by atoms with E-state index in [1.54, 1.807) is 0 Å². The predicted octanol–water partition coefficient (Wildman–Crippen LogP) is 3.58. The Morgan fingerprint density at radius 2 is 2.24 bits per heavy atom. The number of rotatable bonds is 3. The van der Waals surface area contributed by atoms with Gasteiger partial charge >= 0.3 is 0 Å². The van der Waals surface area contributed by atoms with Crippen LogP contribution < -0.4 is 0 Å². The molecule has 0 radical (unpaired) electrons. The van der Waals surface area contributed by atoms with E-state index in [1.807, 2.05) is 0 Å². The molecule has 0 bridgehead atoms. The van der Waals surface area contributed by atoms with Crippen LogP contribution in [0.2, 0.25) is 0 Å². The molecule has 1 aromatic carbocycles. The number of aromatic nitrogens is 2. The molecule has 1 fully saturated rings. The zero-order chi connectivity index (χ0) is 15.0. The Morgan fingerprint density at radius 3 is 2.86 bits per heavy atom. The van der Waals surface area contributed by atoms with Gasteiger partial charge < -0.3 is 4.74 Å². The van der Waals surface area contributed by atoms with Crippen LogP contribution in [0.1, 0.15) is 37.6 Å². The number of fused-ring (bicyclic) bond motifs is 1. The molecule has 0 aliphatic carbocycles. The average molecular weight is 297 g/mol. The highest BCUT2D eigenvalue weighted by atomic mass is 19.3. The molecule has 1 aromatic heterocycles. The molecule has 1 aliphatic rings. The highest BCUT2D eigenvalue weighted by Crippen LogP contribution is 2.33. The van der Waals surface area contributed by atoms with Crippen molar-refractivity contribution >= 4 is 16.6 Å². The van der Waals surface area contributed by atoms with Gasteiger partial charge in [-0.2, -0.15) is 5.10 Å².